The zero-order valence-electron chi connectivity index (χ0n) is 44.5. The molecule has 0 aliphatic rings. The van der Waals surface area contributed by atoms with Crippen molar-refractivity contribution >= 4 is 82.8 Å². The summed E-state index contributed by atoms with van der Waals surface area (Å²) in [5.74, 6) is -13.8. The number of amides is 10. The minimum absolute atomic E-state index is 0.0556. The van der Waals surface area contributed by atoms with Crippen molar-refractivity contribution in [3.63, 3.8) is 0 Å². The van der Waals surface area contributed by atoms with E-state index in [1.54, 1.807) is 44.4 Å². The van der Waals surface area contributed by atoms with Gasteiger partial charge in [-0.2, -0.15) is 11.8 Å². The molecule has 1 rings (SSSR count). The lowest BCUT2D eigenvalue weighted by Gasteiger charge is -2.29. The zero-order chi connectivity index (χ0) is 58.5. The third-order valence-corrected chi connectivity index (χ3v) is 12.6. The summed E-state index contributed by atoms with van der Waals surface area (Å²) in [6.07, 6.45) is -1.80. The first-order valence-electron chi connectivity index (χ1n) is 25.3. The van der Waals surface area contributed by atoms with Crippen LogP contribution in [0.1, 0.15) is 104 Å². The smallest absolute Gasteiger partial charge is 0.326 e. The number of aliphatic hydroxyl groups is 1. The van der Waals surface area contributed by atoms with Gasteiger partial charge in [-0.1, -0.05) is 64.4 Å². The number of carbonyl (C=O) groups excluding carboxylic acids is 10. The summed E-state index contributed by atoms with van der Waals surface area (Å²) in [4.78, 5) is 158. The van der Waals surface area contributed by atoms with Crippen LogP contribution in [-0.2, 0) is 64.0 Å². The van der Waals surface area contributed by atoms with Crippen LogP contribution in [0.15, 0.2) is 30.3 Å². The fraction of sp³-hybridized carbons (Fsp3) is 0.633. The molecule has 77 heavy (non-hydrogen) atoms. The lowest BCUT2D eigenvalue weighted by Crippen LogP contribution is -2.62. The summed E-state index contributed by atoms with van der Waals surface area (Å²) in [7, 11) is 0. The number of rotatable bonds is 38. The van der Waals surface area contributed by atoms with Crippen molar-refractivity contribution in [2.75, 3.05) is 18.6 Å². The Bertz CT molecular complexity index is 2170. The van der Waals surface area contributed by atoms with E-state index in [0.717, 1.165) is 12.5 Å². The summed E-state index contributed by atoms with van der Waals surface area (Å²) >= 11 is 1.36. The molecule has 0 saturated carbocycles. The van der Waals surface area contributed by atoms with Gasteiger partial charge in [0.05, 0.1) is 25.0 Å². The predicted octanol–water partition coefficient (Wildman–Crippen LogP) is -3.51. The SMILES string of the molecule is CCC(C)[C@H](NC(=O)[C@H](CCSC)NC(=O)[C@H](CC(C)C)NC(=O)[C@@H](N)Cc1ccccc1)C(=O)N[C@@H](CC(=O)O)C(=O)N[C@@H](CCC(N)=O)C(=O)N[C@@H](CC(N)=O)C(=O)N[C@H](C(=O)N[C@@H](CCCCN)C(=O)O)[C@@H](C)O. The maximum absolute atomic E-state index is 14.1. The Labute approximate surface area is 451 Å². The topological polar surface area (TPSA) is 466 Å². The molecule has 432 valence electrons. The molecule has 0 aliphatic carbocycles. The van der Waals surface area contributed by atoms with Crippen molar-refractivity contribution in [1.29, 1.82) is 0 Å². The molecule has 28 heteroatoms. The van der Waals surface area contributed by atoms with Crippen LogP contribution in [0, 0.1) is 11.8 Å². The van der Waals surface area contributed by atoms with Gasteiger partial charge >= 0.3 is 11.9 Å². The van der Waals surface area contributed by atoms with E-state index in [2.05, 4.69) is 42.5 Å². The summed E-state index contributed by atoms with van der Waals surface area (Å²) in [6, 6.07) is -4.91. The van der Waals surface area contributed by atoms with Gasteiger partial charge in [0.1, 0.15) is 48.3 Å². The van der Waals surface area contributed by atoms with Crippen LogP contribution in [0.25, 0.3) is 0 Å². The molecule has 19 N–H and O–H groups in total. The summed E-state index contributed by atoms with van der Waals surface area (Å²) < 4.78 is 0. The van der Waals surface area contributed by atoms with Crippen molar-refractivity contribution in [1.82, 2.24) is 42.5 Å². The van der Waals surface area contributed by atoms with Crippen molar-refractivity contribution in [2.24, 2.45) is 34.8 Å². The van der Waals surface area contributed by atoms with E-state index in [1.807, 2.05) is 19.9 Å². The van der Waals surface area contributed by atoms with Crippen molar-refractivity contribution < 1.29 is 72.9 Å². The number of unbranched alkanes of at least 4 members (excludes halogenated alkanes) is 1. The number of nitrogens with two attached hydrogens (primary N) is 4. The highest BCUT2D eigenvalue weighted by Gasteiger charge is 2.38. The Hall–Kier alpha value is -6.91. The van der Waals surface area contributed by atoms with E-state index in [1.165, 1.54) is 11.8 Å². The van der Waals surface area contributed by atoms with Crippen LogP contribution >= 0.6 is 11.8 Å². The number of carbonyl (C=O) groups is 12. The van der Waals surface area contributed by atoms with Crippen LogP contribution in [0.2, 0.25) is 0 Å². The van der Waals surface area contributed by atoms with Crippen molar-refractivity contribution in [3.8, 4) is 0 Å². The molecule has 0 aliphatic heterocycles. The van der Waals surface area contributed by atoms with E-state index in [4.69, 9.17) is 22.9 Å². The van der Waals surface area contributed by atoms with E-state index < -0.39 is 163 Å². The molecule has 11 atom stereocenters. The molecule has 1 aromatic rings. The number of benzene rings is 1. The Morgan fingerprint density at radius 1 is 0.571 bits per heavy atom. The lowest BCUT2D eigenvalue weighted by atomic mass is 9.96. The number of nitrogens with one attached hydrogen (secondary N) is 8. The fourth-order valence-corrected chi connectivity index (χ4v) is 7.97. The normalized spacial score (nSPS) is 15.4. The number of carboxylic acid groups (broad SMARTS) is 2. The van der Waals surface area contributed by atoms with Crippen LogP contribution in [-0.4, -0.2) is 165 Å². The number of thioether (sulfide) groups is 1. The van der Waals surface area contributed by atoms with Gasteiger partial charge in [-0.25, -0.2) is 4.79 Å². The first kappa shape index (κ1) is 68.1. The summed E-state index contributed by atoms with van der Waals surface area (Å²) in [5, 5.41) is 48.9. The maximum atomic E-state index is 14.1. The zero-order valence-corrected chi connectivity index (χ0v) is 45.3. The molecule has 1 unspecified atom stereocenters. The second-order valence-electron chi connectivity index (χ2n) is 19.1. The van der Waals surface area contributed by atoms with E-state index in [-0.39, 0.29) is 44.6 Å². The molecule has 0 radical (unpaired) electrons. The number of aliphatic hydroxyl groups excluding tert-OH is 1. The fourth-order valence-electron chi connectivity index (χ4n) is 7.50. The quantitative estimate of drug-likeness (QED) is 0.0286. The second kappa shape index (κ2) is 35.4. The first-order valence-corrected chi connectivity index (χ1v) is 26.7. The Balaban J connectivity index is 3.46. The van der Waals surface area contributed by atoms with Gasteiger partial charge in [0.15, 0.2) is 0 Å². The molecule has 0 heterocycles. The molecule has 0 fully saturated rings. The monoisotopic (exact) mass is 1110 g/mol. The summed E-state index contributed by atoms with van der Waals surface area (Å²) in [5.41, 5.74) is 23.2. The van der Waals surface area contributed by atoms with Crippen LogP contribution in [0.5, 0.6) is 0 Å². The molecule has 0 bridgehead atoms. The third-order valence-electron chi connectivity index (χ3n) is 12.0. The van der Waals surface area contributed by atoms with Crippen LogP contribution in [0.3, 0.4) is 0 Å². The average Bonchev–Trinajstić information content (AvgIpc) is 3.35. The molecule has 0 aromatic heterocycles. The Morgan fingerprint density at radius 2 is 1.05 bits per heavy atom. The van der Waals surface area contributed by atoms with Gasteiger partial charge in [0.2, 0.25) is 59.1 Å². The largest absolute Gasteiger partial charge is 0.481 e. The van der Waals surface area contributed by atoms with Gasteiger partial charge in [-0.15, -0.1) is 0 Å². The number of hydrogen-bond donors (Lipinski definition) is 15. The second-order valence-corrected chi connectivity index (χ2v) is 20.1. The minimum atomic E-state index is -1.98. The van der Waals surface area contributed by atoms with Gasteiger partial charge in [0.25, 0.3) is 0 Å². The van der Waals surface area contributed by atoms with E-state index in [9.17, 15) is 72.9 Å². The Kier molecular flexibility index (Phi) is 31.3. The molecule has 1 aromatic carbocycles. The van der Waals surface area contributed by atoms with Crippen molar-refractivity contribution in [2.45, 2.75) is 166 Å². The number of primary amides is 2. The number of carboxylic acids is 2. The molecular weight excluding hydrogens is 1030 g/mol. The van der Waals surface area contributed by atoms with Gasteiger partial charge in [0, 0.05) is 6.42 Å². The molecule has 0 saturated heterocycles. The van der Waals surface area contributed by atoms with Crippen LogP contribution < -0.4 is 65.5 Å². The molecule has 10 amide bonds. The highest BCUT2D eigenvalue weighted by atomic mass is 32.2. The molecule has 27 nitrogen and oxygen atoms in total. The maximum Gasteiger partial charge on any atom is 0.326 e. The molecule has 0 spiro atoms. The molecular formula is C49H80N12O15S. The van der Waals surface area contributed by atoms with Crippen molar-refractivity contribution in [3.05, 3.63) is 35.9 Å². The predicted molar refractivity (Wildman–Crippen MR) is 282 cm³/mol. The minimum Gasteiger partial charge on any atom is -0.481 e. The highest BCUT2D eigenvalue weighted by molar-refractivity contribution is 7.98. The number of aliphatic carboxylic acids is 2. The lowest BCUT2D eigenvalue weighted by molar-refractivity contribution is -0.143. The first-order chi connectivity index (χ1) is 36.1. The van der Waals surface area contributed by atoms with Crippen LogP contribution in [0.4, 0.5) is 0 Å². The Morgan fingerprint density at radius 3 is 1.57 bits per heavy atom. The summed E-state index contributed by atoms with van der Waals surface area (Å²) in [6.45, 7) is 8.25. The van der Waals surface area contributed by atoms with Gasteiger partial charge in [-0.3, -0.25) is 52.7 Å². The average molecular weight is 1110 g/mol. The van der Waals surface area contributed by atoms with Gasteiger partial charge < -0.3 is 80.8 Å². The standard InChI is InChI=1S/C49H80N12O15S/c1-7-26(4)39(60-43(69)31(18-20-77-6)55-44(70)33(21-25(2)3)57-41(67)29(51)22-28-13-9-8-10-14-28)47(73)59-35(24-38(65)66)45(71)54-30(16-17-36(52)63)42(68)58-34(23-37(53)64)46(72)61-40(27(5)62)48(74)56-32(49(75)76)15-11-12-19-50/h8-10,13-14,25-27,29-35,39-40,62H,7,11-12,15-24,50-51H2,1-6H3,(H2,52,63)(H2,53,64)(H,54,71)(H,55,70)(H,56,74)(H,57,67)(H,58,68)(H,59,73)(H,60,69)(H,61,72)(H,65,66)(H,75,76)/t26?,27-,29+,30+,31+,32+,33+,34+,35+,39+,40+/m1/s1. The van der Waals surface area contributed by atoms with Gasteiger partial charge in [-0.05, 0) is 87.8 Å². The third kappa shape index (κ3) is 26.1. The van der Waals surface area contributed by atoms with E-state index in [0.29, 0.717) is 18.6 Å². The highest BCUT2D eigenvalue weighted by Crippen LogP contribution is 2.14. The van der Waals surface area contributed by atoms with E-state index >= 15 is 0 Å². The number of hydrogen-bond acceptors (Lipinski definition) is 16.